The lowest BCUT2D eigenvalue weighted by atomic mass is 9.87. The molecule has 156 valence electrons. The monoisotopic (exact) mass is 477 g/mol. The third-order valence-corrected chi connectivity index (χ3v) is 7.61. The zero-order valence-electron chi connectivity index (χ0n) is 15.4. The highest BCUT2D eigenvalue weighted by atomic mass is 35.5. The van der Waals surface area contributed by atoms with Crippen molar-refractivity contribution in [2.75, 3.05) is 13.7 Å². The van der Waals surface area contributed by atoms with Gasteiger partial charge in [-0.1, -0.05) is 34.8 Å². The van der Waals surface area contributed by atoms with E-state index in [-0.39, 0.29) is 14.9 Å². The van der Waals surface area contributed by atoms with Gasteiger partial charge in [0.2, 0.25) is 10.0 Å². The number of rotatable bonds is 6. The molecule has 0 heterocycles. The smallest absolute Gasteiger partial charge is 0.341 e. The molecule has 0 saturated heterocycles. The molecule has 1 aliphatic rings. The molecule has 1 atom stereocenters. The highest BCUT2D eigenvalue weighted by molar-refractivity contribution is 7.89. The molecule has 1 aliphatic carbocycles. The van der Waals surface area contributed by atoms with Crippen LogP contribution in [-0.4, -0.2) is 37.5 Å². The Bertz CT molecular complexity index is 1060. The van der Waals surface area contributed by atoms with E-state index >= 15 is 0 Å². The van der Waals surface area contributed by atoms with E-state index in [2.05, 4.69) is 0 Å². The second-order valence-electron chi connectivity index (χ2n) is 6.66. The molecule has 0 radical (unpaired) electrons. The zero-order valence-corrected chi connectivity index (χ0v) is 18.4. The summed E-state index contributed by atoms with van der Waals surface area (Å²) < 4.78 is 33.1. The van der Waals surface area contributed by atoms with E-state index in [1.807, 2.05) is 0 Å². The van der Waals surface area contributed by atoms with Crippen molar-refractivity contribution in [2.24, 2.45) is 0 Å². The summed E-state index contributed by atoms with van der Waals surface area (Å²) in [6.45, 7) is -0.510. The van der Waals surface area contributed by atoms with Crippen LogP contribution in [0.2, 0.25) is 15.1 Å². The number of carbonyl (C=O) groups is 1. The molecule has 29 heavy (non-hydrogen) atoms. The normalized spacial score (nSPS) is 16.5. The molecule has 0 aromatic heterocycles. The predicted molar refractivity (Wildman–Crippen MR) is 112 cm³/mol. The minimum absolute atomic E-state index is 0.0776. The summed E-state index contributed by atoms with van der Waals surface area (Å²) in [7, 11) is -2.47. The van der Waals surface area contributed by atoms with Crippen LogP contribution in [0.4, 0.5) is 0 Å². The molecular formula is C19H18Cl3NO5S. The second kappa shape index (κ2) is 8.70. The van der Waals surface area contributed by atoms with Gasteiger partial charge < -0.3 is 9.84 Å². The van der Waals surface area contributed by atoms with Gasteiger partial charge in [-0.2, -0.15) is 4.31 Å². The fourth-order valence-electron chi connectivity index (χ4n) is 3.47. The molecule has 2 aromatic rings. The average molecular weight is 479 g/mol. The number of aliphatic carboxylic acids is 1. The zero-order chi connectivity index (χ0) is 21.3. The standard InChI is InChI=1S/C19H18Cl3NO5S/c1-23(29(26,27)18-9-11(20)5-6-15(18)22)16-4-2-3-13-14(16)7-12(21)8-17(13)28-10-19(24)25/h5-9,16H,2-4,10H2,1H3,(H,24,25). The molecule has 6 nitrogen and oxygen atoms in total. The van der Waals surface area contributed by atoms with E-state index in [9.17, 15) is 13.2 Å². The number of nitrogens with zero attached hydrogens (tertiary/aromatic N) is 1. The van der Waals surface area contributed by atoms with Crippen LogP contribution in [0.25, 0.3) is 0 Å². The molecule has 1 unspecified atom stereocenters. The van der Waals surface area contributed by atoms with Gasteiger partial charge in [-0.3, -0.25) is 0 Å². The quantitative estimate of drug-likeness (QED) is 0.644. The molecule has 0 spiro atoms. The summed E-state index contributed by atoms with van der Waals surface area (Å²) in [5.41, 5.74) is 1.44. The Labute approximate surface area is 184 Å². The molecule has 0 fully saturated rings. The fraction of sp³-hybridized carbons (Fsp3) is 0.316. The molecule has 0 aliphatic heterocycles. The summed E-state index contributed by atoms with van der Waals surface area (Å²) in [6, 6.07) is 7.01. The Balaban J connectivity index is 2.03. The van der Waals surface area contributed by atoms with Gasteiger partial charge in [0.05, 0.1) is 11.1 Å². The summed E-state index contributed by atoms with van der Waals surface area (Å²) in [4.78, 5) is 10.8. The number of hydrogen-bond donors (Lipinski definition) is 1. The topological polar surface area (TPSA) is 83.9 Å². The number of carboxylic acid groups (broad SMARTS) is 1. The summed E-state index contributed by atoms with van der Waals surface area (Å²) in [5.74, 6) is -0.757. The Morgan fingerprint density at radius 1 is 1.21 bits per heavy atom. The molecule has 0 saturated carbocycles. The number of ether oxygens (including phenoxy) is 1. The van der Waals surface area contributed by atoms with E-state index in [4.69, 9.17) is 44.6 Å². The average Bonchev–Trinajstić information content (AvgIpc) is 2.66. The highest BCUT2D eigenvalue weighted by Gasteiger charge is 2.34. The van der Waals surface area contributed by atoms with Crippen LogP contribution in [0.5, 0.6) is 5.75 Å². The van der Waals surface area contributed by atoms with E-state index in [0.717, 1.165) is 5.56 Å². The van der Waals surface area contributed by atoms with Crippen molar-refractivity contribution >= 4 is 50.8 Å². The molecule has 10 heteroatoms. The van der Waals surface area contributed by atoms with Gasteiger partial charge >= 0.3 is 5.97 Å². The van der Waals surface area contributed by atoms with Crippen molar-refractivity contribution in [3.8, 4) is 5.75 Å². The first-order valence-electron chi connectivity index (χ1n) is 8.71. The minimum atomic E-state index is -3.95. The first-order chi connectivity index (χ1) is 13.6. The van der Waals surface area contributed by atoms with Crippen LogP contribution >= 0.6 is 34.8 Å². The predicted octanol–water partition coefficient (Wildman–Crippen LogP) is 4.81. The van der Waals surface area contributed by atoms with Crippen molar-refractivity contribution < 1.29 is 23.1 Å². The number of hydrogen-bond acceptors (Lipinski definition) is 4. The SMILES string of the molecule is CN(C1CCCc2c(OCC(=O)O)cc(Cl)cc21)S(=O)(=O)c1cc(Cl)ccc1Cl. The fourth-order valence-corrected chi connectivity index (χ4v) is 5.79. The van der Waals surface area contributed by atoms with Crippen LogP contribution < -0.4 is 4.74 Å². The summed E-state index contributed by atoms with van der Waals surface area (Å²) in [5, 5.41) is 9.58. The number of sulfonamides is 1. The molecule has 2 aromatic carbocycles. The molecule has 1 N–H and O–H groups in total. The molecule has 0 amide bonds. The van der Waals surface area contributed by atoms with Gasteiger partial charge in [-0.15, -0.1) is 0 Å². The lowest BCUT2D eigenvalue weighted by Crippen LogP contribution is -2.33. The largest absolute Gasteiger partial charge is 0.482 e. The van der Waals surface area contributed by atoms with Crippen LogP contribution in [0.3, 0.4) is 0 Å². The first kappa shape index (κ1) is 22.2. The Kier molecular flexibility index (Phi) is 6.65. The Morgan fingerprint density at radius 2 is 1.93 bits per heavy atom. The van der Waals surface area contributed by atoms with Gasteiger partial charge in [0.25, 0.3) is 0 Å². The van der Waals surface area contributed by atoms with Gasteiger partial charge in [0.1, 0.15) is 10.6 Å². The van der Waals surface area contributed by atoms with Gasteiger partial charge in [0.15, 0.2) is 6.61 Å². The molecule has 0 bridgehead atoms. The molecular weight excluding hydrogens is 461 g/mol. The van der Waals surface area contributed by atoms with Crippen LogP contribution in [-0.2, 0) is 21.2 Å². The van der Waals surface area contributed by atoms with Crippen LogP contribution in [0.1, 0.15) is 30.0 Å². The van der Waals surface area contributed by atoms with E-state index in [1.165, 1.54) is 29.6 Å². The van der Waals surface area contributed by atoms with Crippen molar-refractivity contribution in [1.29, 1.82) is 0 Å². The minimum Gasteiger partial charge on any atom is -0.482 e. The van der Waals surface area contributed by atoms with Crippen molar-refractivity contribution in [2.45, 2.75) is 30.2 Å². The third-order valence-electron chi connectivity index (χ3n) is 4.81. The van der Waals surface area contributed by atoms with Gasteiger partial charge in [-0.25, -0.2) is 13.2 Å². The molecule has 3 rings (SSSR count). The number of fused-ring (bicyclic) bond motifs is 1. The Hall–Kier alpha value is -1.51. The number of benzene rings is 2. The Morgan fingerprint density at radius 3 is 2.62 bits per heavy atom. The maximum atomic E-state index is 13.2. The lowest BCUT2D eigenvalue weighted by Gasteiger charge is -2.33. The van der Waals surface area contributed by atoms with Crippen molar-refractivity contribution in [3.05, 3.63) is 56.5 Å². The summed E-state index contributed by atoms with van der Waals surface area (Å²) in [6.07, 6.45) is 1.90. The van der Waals surface area contributed by atoms with E-state index in [0.29, 0.717) is 35.6 Å². The van der Waals surface area contributed by atoms with E-state index < -0.39 is 28.6 Å². The van der Waals surface area contributed by atoms with Crippen LogP contribution in [0, 0.1) is 0 Å². The van der Waals surface area contributed by atoms with Gasteiger partial charge in [-0.05, 0) is 60.7 Å². The highest BCUT2D eigenvalue weighted by Crippen LogP contribution is 2.42. The first-order valence-corrected chi connectivity index (χ1v) is 11.3. The second-order valence-corrected chi connectivity index (χ2v) is 9.90. The third kappa shape index (κ3) is 4.64. The van der Waals surface area contributed by atoms with E-state index in [1.54, 1.807) is 12.1 Å². The summed E-state index contributed by atoms with van der Waals surface area (Å²) >= 11 is 18.3. The lowest BCUT2D eigenvalue weighted by molar-refractivity contribution is -0.139. The van der Waals surface area contributed by atoms with Crippen molar-refractivity contribution in [1.82, 2.24) is 4.31 Å². The maximum Gasteiger partial charge on any atom is 0.341 e. The number of halogens is 3. The number of carboxylic acids is 1. The maximum absolute atomic E-state index is 13.2. The van der Waals surface area contributed by atoms with Crippen LogP contribution in [0.15, 0.2) is 35.2 Å². The van der Waals surface area contributed by atoms with Crippen molar-refractivity contribution in [3.63, 3.8) is 0 Å². The van der Waals surface area contributed by atoms with Gasteiger partial charge in [0, 0.05) is 17.1 Å².